The van der Waals surface area contributed by atoms with Crippen LogP contribution in [-0.4, -0.2) is 36.8 Å². The molecule has 0 radical (unpaired) electrons. The summed E-state index contributed by atoms with van der Waals surface area (Å²) < 4.78 is 10.3. The van der Waals surface area contributed by atoms with E-state index in [-0.39, 0.29) is 18.5 Å². The Labute approximate surface area is 118 Å². The molecule has 1 N–H and O–H groups in total. The quantitative estimate of drug-likeness (QED) is 0.558. The minimum Gasteiger partial charge on any atom is -0.466 e. The number of carbonyl (C=O) groups is 1. The molecule has 0 saturated carbocycles. The monoisotopic (exact) mass is 286 g/mol. The highest BCUT2D eigenvalue weighted by Gasteiger charge is 2.07. The van der Waals surface area contributed by atoms with Crippen molar-refractivity contribution in [3.63, 3.8) is 0 Å². The molecular weight excluding hydrogens is 264 g/mol. The van der Waals surface area contributed by atoms with Gasteiger partial charge in [0.15, 0.2) is 5.13 Å². The van der Waals surface area contributed by atoms with Crippen molar-refractivity contribution in [1.82, 2.24) is 4.98 Å². The Hall–Kier alpha value is -1.14. The molecule has 0 aliphatic heterocycles. The van der Waals surface area contributed by atoms with Crippen LogP contribution in [0.5, 0.6) is 0 Å². The first-order valence-electron chi connectivity index (χ1n) is 6.57. The van der Waals surface area contributed by atoms with Crippen molar-refractivity contribution in [3.8, 4) is 0 Å². The molecule has 1 aromatic rings. The maximum Gasteiger partial charge on any atom is 0.311 e. The van der Waals surface area contributed by atoms with Crippen LogP contribution in [0.15, 0.2) is 5.38 Å². The number of ether oxygens (including phenoxy) is 2. The summed E-state index contributed by atoms with van der Waals surface area (Å²) in [6, 6.07) is 0. The zero-order chi connectivity index (χ0) is 14.1. The van der Waals surface area contributed by atoms with Crippen molar-refractivity contribution in [1.29, 1.82) is 0 Å². The van der Waals surface area contributed by atoms with E-state index in [0.29, 0.717) is 6.61 Å². The van der Waals surface area contributed by atoms with Gasteiger partial charge in [-0.25, -0.2) is 4.98 Å². The maximum atomic E-state index is 11.3. The number of hydrogen-bond donors (Lipinski definition) is 1. The summed E-state index contributed by atoms with van der Waals surface area (Å²) in [5, 5.41) is 5.94. The summed E-state index contributed by atoms with van der Waals surface area (Å²) in [7, 11) is 0. The standard InChI is InChI=1S/C13H22N2O3S/c1-4-17-12(16)8-11-9-19-13(15-11)14-6-5-7-18-10(2)3/h9-10H,4-8H2,1-3H3,(H,14,15). The SMILES string of the molecule is CCOC(=O)Cc1csc(NCCCOC(C)C)n1. The third-order valence-electron chi connectivity index (χ3n) is 2.23. The van der Waals surface area contributed by atoms with E-state index in [9.17, 15) is 4.79 Å². The molecule has 108 valence electrons. The third-order valence-corrected chi connectivity index (χ3v) is 3.08. The Morgan fingerprint density at radius 2 is 2.32 bits per heavy atom. The second kappa shape index (κ2) is 8.87. The van der Waals surface area contributed by atoms with Crippen LogP contribution in [0, 0.1) is 0 Å². The molecule has 5 nitrogen and oxygen atoms in total. The summed E-state index contributed by atoms with van der Waals surface area (Å²) in [6.45, 7) is 7.81. The molecular formula is C13H22N2O3S. The van der Waals surface area contributed by atoms with Crippen LogP contribution >= 0.6 is 11.3 Å². The van der Waals surface area contributed by atoms with Gasteiger partial charge in [-0.15, -0.1) is 11.3 Å². The van der Waals surface area contributed by atoms with Gasteiger partial charge in [0.25, 0.3) is 0 Å². The lowest BCUT2D eigenvalue weighted by Crippen LogP contribution is -2.10. The molecule has 19 heavy (non-hydrogen) atoms. The van der Waals surface area contributed by atoms with Gasteiger partial charge in [-0.1, -0.05) is 0 Å². The highest BCUT2D eigenvalue weighted by molar-refractivity contribution is 7.13. The first-order chi connectivity index (χ1) is 9.11. The predicted octanol–water partition coefficient (Wildman–Crippen LogP) is 2.48. The largest absolute Gasteiger partial charge is 0.466 e. The van der Waals surface area contributed by atoms with Gasteiger partial charge in [0.1, 0.15) is 0 Å². The van der Waals surface area contributed by atoms with Gasteiger partial charge in [-0.3, -0.25) is 4.79 Å². The number of anilines is 1. The van der Waals surface area contributed by atoms with Crippen LogP contribution in [-0.2, 0) is 20.7 Å². The van der Waals surface area contributed by atoms with Crippen molar-refractivity contribution in [2.24, 2.45) is 0 Å². The Morgan fingerprint density at radius 3 is 3.00 bits per heavy atom. The predicted molar refractivity (Wildman–Crippen MR) is 76.6 cm³/mol. The van der Waals surface area contributed by atoms with Crippen LogP contribution in [0.3, 0.4) is 0 Å². The normalized spacial score (nSPS) is 10.7. The van der Waals surface area contributed by atoms with Gasteiger partial charge < -0.3 is 14.8 Å². The topological polar surface area (TPSA) is 60.5 Å². The first-order valence-corrected chi connectivity index (χ1v) is 7.45. The smallest absolute Gasteiger partial charge is 0.311 e. The van der Waals surface area contributed by atoms with Crippen LogP contribution in [0.2, 0.25) is 0 Å². The molecule has 0 bridgehead atoms. The van der Waals surface area contributed by atoms with Crippen molar-refractivity contribution < 1.29 is 14.3 Å². The first kappa shape index (κ1) is 15.9. The number of thiazole rings is 1. The molecule has 0 spiro atoms. The molecule has 0 aliphatic carbocycles. The minimum absolute atomic E-state index is 0.232. The van der Waals surface area contributed by atoms with Crippen molar-refractivity contribution in [2.45, 2.75) is 39.7 Å². The molecule has 1 aromatic heterocycles. The number of nitrogens with one attached hydrogen (secondary N) is 1. The second-order valence-electron chi connectivity index (χ2n) is 4.33. The fraction of sp³-hybridized carbons (Fsp3) is 0.692. The highest BCUT2D eigenvalue weighted by atomic mass is 32.1. The average Bonchev–Trinajstić information content (AvgIpc) is 2.76. The number of esters is 1. The van der Waals surface area contributed by atoms with E-state index in [4.69, 9.17) is 9.47 Å². The Bertz CT molecular complexity index is 380. The number of carbonyl (C=O) groups excluding carboxylic acids is 1. The molecule has 0 fully saturated rings. The van der Waals surface area contributed by atoms with E-state index >= 15 is 0 Å². The molecule has 1 heterocycles. The van der Waals surface area contributed by atoms with E-state index in [2.05, 4.69) is 10.3 Å². The lowest BCUT2D eigenvalue weighted by molar-refractivity contribution is -0.142. The van der Waals surface area contributed by atoms with Crippen molar-refractivity contribution >= 4 is 22.4 Å². The number of nitrogens with zero attached hydrogens (tertiary/aromatic N) is 1. The third kappa shape index (κ3) is 7.12. The van der Waals surface area contributed by atoms with Crippen molar-refractivity contribution in [2.75, 3.05) is 25.1 Å². The zero-order valence-corrected chi connectivity index (χ0v) is 12.6. The minimum atomic E-state index is -0.232. The maximum absolute atomic E-state index is 11.3. The highest BCUT2D eigenvalue weighted by Crippen LogP contribution is 2.15. The number of aromatic nitrogens is 1. The van der Waals surface area contributed by atoms with Gasteiger partial charge in [-0.05, 0) is 27.2 Å². The van der Waals surface area contributed by atoms with Crippen LogP contribution in [0.1, 0.15) is 32.9 Å². The lowest BCUT2D eigenvalue weighted by atomic mass is 10.3. The van der Waals surface area contributed by atoms with Crippen LogP contribution in [0.25, 0.3) is 0 Å². The molecule has 0 amide bonds. The summed E-state index contributed by atoms with van der Waals surface area (Å²) in [6.07, 6.45) is 1.45. The van der Waals surface area contributed by atoms with Crippen molar-refractivity contribution in [3.05, 3.63) is 11.1 Å². The zero-order valence-electron chi connectivity index (χ0n) is 11.8. The van der Waals surface area contributed by atoms with E-state index in [0.717, 1.165) is 30.4 Å². The Kier molecular flexibility index (Phi) is 7.43. The molecule has 1 rings (SSSR count). The number of rotatable bonds is 9. The van der Waals surface area contributed by atoms with E-state index < -0.39 is 0 Å². The summed E-state index contributed by atoms with van der Waals surface area (Å²) in [5.41, 5.74) is 0.754. The summed E-state index contributed by atoms with van der Waals surface area (Å²) in [5.74, 6) is -0.232. The molecule has 0 aromatic carbocycles. The van der Waals surface area contributed by atoms with Gasteiger partial charge in [0.05, 0.1) is 24.8 Å². The van der Waals surface area contributed by atoms with E-state index in [1.54, 1.807) is 6.92 Å². The lowest BCUT2D eigenvalue weighted by Gasteiger charge is -2.07. The average molecular weight is 286 g/mol. The molecule has 0 unspecified atom stereocenters. The van der Waals surface area contributed by atoms with Gasteiger partial charge >= 0.3 is 5.97 Å². The second-order valence-corrected chi connectivity index (χ2v) is 5.18. The Balaban J connectivity index is 2.21. The summed E-state index contributed by atoms with van der Waals surface area (Å²) in [4.78, 5) is 15.6. The van der Waals surface area contributed by atoms with Gasteiger partial charge in [0.2, 0.25) is 0 Å². The van der Waals surface area contributed by atoms with E-state index in [1.807, 2.05) is 19.2 Å². The van der Waals surface area contributed by atoms with Gasteiger partial charge in [0, 0.05) is 18.5 Å². The molecule has 0 aliphatic rings. The van der Waals surface area contributed by atoms with E-state index in [1.165, 1.54) is 11.3 Å². The Morgan fingerprint density at radius 1 is 1.53 bits per heavy atom. The fourth-order valence-corrected chi connectivity index (χ4v) is 2.15. The fourth-order valence-electron chi connectivity index (χ4n) is 1.42. The van der Waals surface area contributed by atoms with Gasteiger partial charge in [-0.2, -0.15) is 0 Å². The molecule has 0 atom stereocenters. The molecule has 6 heteroatoms. The van der Waals surface area contributed by atoms with Crippen LogP contribution < -0.4 is 5.32 Å². The molecule has 0 saturated heterocycles. The number of hydrogen-bond acceptors (Lipinski definition) is 6. The summed E-state index contributed by atoms with van der Waals surface area (Å²) >= 11 is 1.50. The van der Waals surface area contributed by atoms with Crippen LogP contribution in [0.4, 0.5) is 5.13 Å².